The molecule has 0 N–H and O–H groups in total. The van der Waals surface area contributed by atoms with Crippen LogP contribution in [0.3, 0.4) is 0 Å². The van der Waals surface area contributed by atoms with E-state index in [0.717, 1.165) is 46.6 Å². The van der Waals surface area contributed by atoms with E-state index in [1.807, 2.05) is 0 Å². The standard InChI is InChI=1S/C52H60Si.2CH3.2ClH.Zr/c1-5-33-29-49-43(47-31-35-17-7-9-19-37(35)39-21-11-13-23-41(39)47)25-15-27-45(49)51(33)53(3,4)52-34(6-2)30-50-44(26-16-28-46(50)52)48-32-36-18-8-10-20-38(36)40-22-12-14-24-42(40)48;;;;;/h7-14,17-24,31-34,43-46,49-52H,5-6,15-16,25-30H2,1-4H3;2*1H3;2*1H;/q;2*-1;;;+4/p-2. The first-order chi connectivity index (χ1) is 27.4. The molecule has 0 nitrogen and oxygen atoms in total. The summed E-state index contributed by atoms with van der Waals surface area (Å²) >= 11 is -0.826. The van der Waals surface area contributed by atoms with Gasteiger partial charge in [-0.3, -0.25) is 0 Å². The SMILES string of the molecule is CCC1CC2C(c3cc4ccccc4c4ccccc34)CCCC2C1[Si](C)(C)C1C(CC)CC2C(c3cc4ccccc4c4ccccc34)CCCC21.[CH3-].[CH3-].[Cl][Zr+2][Cl]. The van der Waals surface area contributed by atoms with Crippen LogP contribution in [0.4, 0.5) is 0 Å². The molecular weight excluding hydrogens is 839 g/mol. The molecule has 4 heteroatoms. The van der Waals surface area contributed by atoms with Gasteiger partial charge in [0.15, 0.2) is 0 Å². The van der Waals surface area contributed by atoms with E-state index in [2.05, 4.69) is 136 Å². The van der Waals surface area contributed by atoms with Crippen molar-refractivity contribution in [2.45, 2.75) is 114 Å². The van der Waals surface area contributed by atoms with Gasteiger partial charge in [0, 0.05) is 0 Å². The summed E-state index contributed by atoms with van der Waals surface area (Å²) in [6.07, 6.45) is 14.2. The van der Waals surface area contributed by atoms with Crippen molar-refractivity contribution in [2.24, 2.45) is 35.5 Å². The van der Waals surface area contributed by atoms with Gasteiger partial charge in [0.25, 0.3) is 0 Å². The third kappa shape index (κ3) is 7.54. The van der Waals surface area contributed by atoms with Crippen molar-refractivity contribution in [3.05, 3.63) is 135 Å². The molecular formula is C54H66Cl2SiZr. The molecule has 6 aromatic rings. The average Bonchev–Trinajstić information content (AvgIpc) is 3.83. The van der Waals surface area contributed by atoms with Crippen LogP contribution in [0.15, 0.2) is 109 Å². The maximum atomic E-state index is 4.93. The summed E-state index contributed by atoms with van der Waals surface area (Å²) in [6, 6.07) is 42.4. The molecule has 4 aliphatic carbocycles. The molecule has 4 saturated carbocycles. The minimum atomic E-state index is -1.68. The number of halogens is 2. The zero-order valence-corrected chi connectivity index (χ0v) is 41.0. The Morgan fingerprint density at radius 3 is 1.22 bits per heavy atom. The van der Waals surface area contributed by atoms with E-state index in [0.29, 0.717) is 11.8 Å². The summed E-state index contributed by atoms with van der Waals surface area (Å²) in [7, 11) is 8.19. The second-order valence-corrected chi connectivity index (χ2v) is 27.7. The van der Waals surface area contributed by atoms with Gasteiger partial charge in [-0.2, -0.15) is 0 Å². The van der Waals surface area contributed by atoms with Gasteiger partial charge in [-0.1, -0.05) is 175 Å². The summed E-state index contributed by atoms with van der Waals surface area (Å²) < 4.78 is 0. The molecule has 304 valence electrons. The fourth-order valence-electron chi connectivity index (χ4n) is 14.8. The number of hydrogen-bond donors (Lipinski definition) is 0. The van der Waals surface area contributed by atoms with Gasteiger partial charge in [-0.15, -0.1) is 0 Å². The van der Waals surface area contributed by atoms with Gasteiger partial charge < -0.3 is 14.9 Å². The number of benzene rings is 6. The van der Waals surface area contributed by atoms with E-state index in [1.54, 1.807) is 11.1 Å². The van der Waals surface area contributed by atoms with Gasteiger partial charge >= 0.3 is 37.9 Å². The first kappa shape index (κ1) is 44.1. The molecule has 0 radical (unpaired) electrons. The number of rotatable bonds is 6. The molecule has 10 rings (SSSR count). The van der Waals surface area contributed by atoms with E-state index < -0.39 is 28.9 Å². The zero-order chi connectivity index (χ0) is 38.6. The van der Waals surface area contributed by atoms with Gasteiger partial charge in [0.2, 0.25) is 0 Å². The Hall–Kier alpha value is -1.96. The van der Waals surface area contributed by atoms with Crippen LogP contribution in [-0.4, -0.2) is 8.07 Å². The van der Waals surface area contributed by atoms with Gasteiger partial charge in [-0.05, 0) is 138 Å². The average molecular weight is 905 g/mol. The van der Waals surface area contributed by atoms with Crippen LogP contribution in [0, 0.1) is 50.4 Å². The molecule has 0 spiro atoms. The normalized spacial score (nSPS) is 29.1. The maximum absolute atomic E-state index is 4.93. The third-order valence-corrected chi connectivity index (χ3v) is 21.7. The van der Waals surface area contributed by atoms with E-state index in [4.69, 9.17) is 17.0 Å². The van der Waals surface area contributed by atoms with Crippen molar-refractivity contribution in [1.82, 2.24) is 0 Å². The molecule has 0 bridgehead atoms. The number of hydrogen-bond acceptors (Lipinski definition) is 0. The Labute approximate surface area is 370 Å². The fourth-order valence-corrected chi connectivity index (χ4v) is 21.4. The first-order valence-corrected chi connectivity index (χ1v) is 31.6. The zero-order valence-electron chi connectivity index (χ0n) is 36.0. The van der Waals surface area contributed by atoms with E-state index in [1.165, 1.54) is 107 Å². The molecule has 0 heterocycles. The van der Waals surface area contributed by atoms with Crippen LogP contribution >= 0.6 is 17.0 Å². The van der Waals surface area contributed by atoms with Crippen LogP contribution in [0.1, 0.15) is 101 Å². The molecule has 0 aliphatic heterocycles. The summed E-state index contributed by atoms with van der Waals surface area (Å²) in [5.74, 6) is 6.71. The summed E-state index contributed by atoms with van der Waals surface area (Å²) in [4.78, 5) is 0. The molecule has 6 aromatic carbocycles. The Balaban J connectivity index is 0.000000995. The van der Waals surface area contributed by atoms with Crippen LogP contribution in [-0.2, 0) is 20.8 Å². The minimum absolute atomic E-state index is 0. The van der Waals surface area contributed by atoms with E-state index in [9.17, 15) is 0 Å². The van der Waals surface area contributed by atoms with Crippen molar-refractivity contribution in [1.29, 1.82) is 0 Å². The monoisotopic (exact) mass is 902 g/mol. The quantitative estimate of drug-likeness (QED) is 0.0887. The number of fused-ring (bicyclic) bond motifs is 8. The van der Waals surface area contributed by atoms with Crippen molar-refractivity contribution in [3.63, 3.8) is 0 Å². The van der Waals surface area contributed by atoms with Crippen molar-refractivity contribution >= 4 is 68.2 Å². The van der Waals surface area contributed by atoms with Gasteiger partial charge in [0.05, 0.1) is 8.07 Å². The molecule has 0 saturated heterocycles. The molecule has 4 fully saturated rings. The molecule has 10 unspecified atom stereocenters. The van der Waals surface area contributed by atoms with Crippen LogP contribution in [0.2, 0.25) is 24.2 Å². The van der Waals surface area contributed by atoms with Gasteiger partial charge in [-0.25, -0.2) is 0 Å². The second-order valence-electron chi connectivity index (χ2n) is 18.9. The van der Waals surface area contributed by atoms with Crippen molar-refractivity contribution in [3.8, 4) is 0 Å². The topological polar surface area (TPSA) is 0 Å². The summed E-state index contributed by atoms with van der Waals surface area (Å²) in [5.41, 5.74) is 5.28. The van der Waals surface area contributed by atoms with Crippen LogP contribution < -0.4 is 0 Å². The fraction of sp³-hybridized carbons (Fsp3) is 0.444. The molecule has 58 heavy (non-hydrogen) atoms. The predicted octanol–water partition coefficient (Wildman–Crippen LogP) is 17.6. The Morgan fingerprint density at radius 2 is 0.845 bits per heavy atom. The predicted molar refractivity (Wildman–Crippen MR) is 256 cm³/mol. The Morgan fingerprint density at radius 1 is 0.500 bits per heavy atom. The molecule has 0 amide bonds. The van der Waals surface area contributed by atoms with E-state index in [-0.39, 0.29) is 14.9 Å². The summed E-state index contributed by atoms with van der Waals surface area (Å²) in [5, 5.41) is 11.7. The van der Waals surface area contributed by atoms with Crippen molar-refractivity contribution in [2.75, 3.05) is 0 Å². The van der Waals surface area contributed by atoms with Crippen LogP contribution in [0.5, 0.6) is 0 Å². The molecule has 0 aromatic heterocycles. The van der Waals surface area contributed by atoms with E-state index >= 15 is 0 Å². The second kappa shape index (κ2) is 18.6. The van der Waals surface area contributed by atoms with Crippen LogP contribution in [0.25, 0.3) is 43.1 Å². The molecule has 10 atom stereocenters. The molecule has 4 aliphatic rings. The summed E-state index contributed by atoms with van der Waals surface area (Å²) in [6.45, 7) is 11.0. The first-order valence-electron chi connectivity index (χ1n) is 22.2. The third-order valence-electron chi connectivity index (χ3n) is 16.5. The van der Waals surface area contributed by atoms with Gasteiger partial charge in [0.1, 0.15) is 0 Å². The Kier molecular flexibility index (Phi) is 14.1. The Bertz CT molecular complexity index is 2170. The van der Waals surface area contributed by atoms with Crippen molar-refractivity contribution < 1.29 is 20.8 Å².